The maximum absolute atomic E-state index is 10.8. The Morgan fingerprint density at radius 2 is 2.24 bits per heavy atom. The van der Waals surface area contributed by atoms with Gasteiger partial charge in [0.2, 0.25) is 5.15 Å². The molecule has 1 aromatic rings. The molecule has 1 aromatic heterocycles. The van der Waals surface area contributed by atoms with Crippen LogP contribution in [0.3, 0.4) is 0 Å². The molecule has 0 saturated heterocycles. The zero-order chi connectivity index (χ0) is 13.2. The molecule has 0 bridgehead atoms. The summed E-state index contributed by atoms with van der Waals surface area (Å²) in [5, 5.41) is 29.7. The van der Waals surface area contributed by atoms with Crippen molar-refractivity contribution in [2.75, 3.05) is 5.75 Å². The van der Waals surface area contributed by atoms with E-state index in [9.17, 15) is 20.3 Å². The number of nitrogens with zero attached hydrogens (tertiary/aromatic N) is 2. The van der Waals surface area contributed by atoms with Gasteiger partial charge in [0.15, 0.2) is 0 Å². The molecule has 0 fully saturated rings. The zero-order valence-corrected chi connectivity index (χ0v) is 10.5. The van der Waals surface area contributed by atoms with E-state index in [2.05, 4.69) is 17.6 Å². The number of thiol groups is 1. The molecule has 1 heterocycles. The summed E-state index contributed by atoms with van der Waals surface area (Å²) in [5.74, 6) is 0.0248. The molecular formula is C9H11ClN2O4S. The van der Waals surface area contributed by atoms with Crippen molar-refractivity contribution in [1.82, 2.24) is 4.98 Å². The van der Waals surface area contributed by atoms with Gasteiger partial charge in [-0.05, 0) is 6.92 Å². The SMILES string of the molecule is Cc1c(C(O)C(O)CS)cnc(Cl)c1[N+](=O)[O-]. The van der Waals surface area contributed by atoms with Crippen LogP contribution in [-0.4, -0.2) is 32.0 Å². The van der Waals surface area contributed by atoms with E-state index in [1.165, 1.54) is 13.1 Å². The maximum atomic E-state index is 10.8. The van der Waals surface area contributed by atoms with Crippen molar-refractivity contribution in [2.45, 2.75) is 19.1 Å². The van der Waals surface area contributed by atoms with E-state index < -0.39 is 17.1 Å². The molecule has 6 nitrogen and oxygen atoms in total. The van der Waals surface area contributed by atoms with Crippen molar-refractivity contribution in [2.24, 2.45) is 0 Å². The molecule has 0 aromatic carbocycles. The van der Waals surface area contributed by atoms with E-state index in [0.717, 1.165) is 0 Å². The lowest BCUT2D eigenvalue weighted by Crippen LogP contribution is -2.21. The zero-order valence-electron chi connectivity index (χ0n) is 8.87. The van der Waals surface area contributed by atoms with Gasteiger partial charge in [-0.15, -0.1) is 0 Å². The lowest BCUT2D eigenvalue weighted by molar-refractivity contribution is -0.385. The summed E-state index contributed by atoms with van der Waals surface area (Å²) in [6, 6.07) is 0. The highest BCUT2D eigenvalue weighted by Crippen LogP contribution is 2.32. The Bertz CT molecular complexity index is 443. The van der Waals surface area contributed by atoms with Crippen LogP contribution in [0.1, 0.15) is 17.2 Å². The third-order valence-electron chi connectivity index (χ3n) is 2.35. The van der Waals surface area contributed by atoms with E-state index in [-0.39, 0.29) is 27.7 Å². The third kappa shape index (κ3) is 2.86. The number of pyridine rings is 1. The Kier molecular flexibility index (Phi) is 4.70. The number of halogens is 1. The molecule has 0 radical (unpaired) electrons. The molecule has 8 heteroatoms. The third-order valence-corrected chi connectivity index (χ3v) is 3.00. The number of aromatic nitrogens is 1. The Morgan fingerprint density at radius 3 is 2.71 bits per heavy atom. The van der Waals surface area contributed by atoms with Crippen LogP contribution < -0.4 is 0 Å². The van der Waals surface area contributed by atoms with Gasteiger partial charge in [-0.25, -0.2) is 4.98 Å². The average Bonchev–Trinajstić information content (AvgIpc) is 2.27. The number of hydrogen-bond donors (Lipinski definition) is 3. The largest absolute Gasteiger partial charge is 0.389 e. The minimum absolute atomic E-state index is 0.0248. The van der Waals surface area contributed by atoms with Crippen LogP contribution in [0.4, 0.5) is 5.69 Å². The first-order valence-electron chi connectivity index (χ1n) is 4.66. The van der Waals surface area contributed by atoms with Gasteiger partial charge < -0.3 is 10.2 Å². The highest BCUT2D eigenvalue weighted by molar-refractivity contribution is 7.80. The molecule has 0 aliphatic heterocycles. The van der Waals surface area contributed by atoms with E-state index in [1.807, 2.05) is 0 Å². The number of aliphatic hydroxyl groups excluding tert-OH is 2. The molecule has 94 valence electrons. The van der Waals surface area contributed by atoms with Crippen molar-refractivity contribution in [1.29, 1.82) is 0 Å². The van der Waals surface area contributed by atoms with Gasteiger partial charge in [-0.3, -0.25) is 10.1 Å². The van der Waals surface area contributed by atoms with Crippen molar-refractivity contribution >= 4 is 29.9 Å². The summed E-state index contributed by atoms with van der Waals surface area (Å²) in [6.45, 7) is 1.44. The van der Waals surface area contributed by atoms with Crippen molar-refractivity contribution in [3.8, 4) is 0 Å². The average molecular weight is 279 g/mol. The molecule has 0 amide bonds. The Morgan fingerprint density at radius 1 is 1.65 bits per heavy atom. The first kappa shape index (κ1) is 14.2. The highest BCUT2D eigenvalue weighted by Gasteiger charge is 2.26. The summed E-state index contributed by atoms with van der Waals surface area (Å²) in [5.41, 5.74) is -0.0134. The normalized spacial score (nSPS) is 14.4. The predicted octanol–water partition coefficient (Wildman–Crippen LogP) is 1.28. The van der Waals surface area contributed by atoms with Crippen molar-refractivity contribution in [3.63, 3.8) is 0 Å². The lowest BCUT2D eigenvalue weighted by atomic mass is 10.0. The quantitative estimate of drug-likeness (QED) is 0.334. The fourth-order valence-corrected chi connectivity index (χ4v) is 1.85. The molecule has 0 spiro atoms. The first-order valence-corrected chi connectivity index (χ1v) is 5.67. The Hall–Kier alpha value is -0.890. The van der Waals surface area contributed by atoms with Gasteiger partial charge in [0, 0.05) is 23.1 Å². The van der Waals surface area contributed by atoms with E-state index in [4.69, 9.17) is 11.6 Å². The molecule has 0 aliphatic rings. The molecule has 0 aliphatic carbocycles. The van der Waals surface area contributed by atoms with Gasteiger partial charge in [-0.2, -0.15) is 12.6 Å². The summed E-state index contributed by atoms with van der Waals surface area (Å²) < 4.78 is 0. The highest BCUT2D eigenvalue weighted by atomic mass is 35.5. The van der Waals surface area contributed by atoms with E-state index in [0.29, 0.717) is 0 Å². The van der Waals surface area contributed by atoms with Crippen LogP contribution in [0.2, 0.25) is 5.15 Å². The predicted molar refractivity (Wildman–Crippen MR) is 65.5 cm³/mol. The number of hydrogen-bond acceptors (Lipinski definition) is 6. The molecule has 0 saturated carbocycles. The second-order valence-electron chi connectivity index (χ2n) is 3.43. The molecule has 2 N–H and O–H groups in total. The molecule has 1 rings (SSSR count). The summed E-state index contributed by atoms with van der Waals surface area (Å²) in [7, 11) is 0. The first-order chi connectivity index (χ1) is 7.90. The van der Waals surface area contributed by atoms with Gasteiger partial charge >= 0.3 is 5.69 Å². The standard InChI is InChI=1S/C9H11ClN2O4S/c1-4-5(8(14)6(13)3-17)2-11-9(10)7(4)12(15)16/h2,6,8,13-14,17H,3H2,1H3. The molecule has 17 heavy (non-hydrogen) atoms. The van der Waals surface area contributed by atoms with Gasteiger partial charge in [0.05, 0.1) is 11.0 Å². The molecular weight excluding hydrogens is 268 g/mol. The van der Waals surface area contributed by atoms with E-state index in [1.54, 1.807) is 0 Å². The Balaban J connectivity index is 3.28. The van der Waals surface area contributed by atoms with Crippen LogP contribution in [0.25, 0.3) is 0 Å². The summed E-state index contributed by atoms with van der Waals surface area (Å²) >= 11 is 9.44. The second kappa shape index (κ2) is 5.63. The van der Waals surface area contributed by atoms with Crippen LogP contribution in [-0.2, 0) is 0 Å². The van der Waals surface area contributed by atoms with E-state index >= 15 is 0 Å². The van der Waals surface area contributed by atoms with Gasteiger partial charge in [0.1, 0.15) is 6.10 Å². The number of nitro groups is 1. The topological polar surface area (TPSA) is 96.5 Å². The van der Waals surface area contributed by atoms with Gasteiger partial charge in [-0.1, -0.05) is 11.6 Å². The fraction of sp³-hybridized carbons (Fsp3) is 0.444. The van der Waals surface area contributed by atoms with Crippen LogP contribution in [0, 0.1) is 17.0 Å². The smallest absolute Gasteiger partial charge is 0.309 e. The number of aliphatic hydroxyl groups is 2. The molecule has 2 unspecified atom stereocenters. The summed E-state index contributed by atoms with van der Waals surface area (Å²) in [4.78, 5) is 13.7. The Labute approximate surface area is 108 Å². The fourth-order valence-electron chi connectivity index (χ4n) is 1.39. The molecule has 2 atom stereocenters. The maximum Gasteiger partial charge on any atom is 0.309 e. The minimum Gasteiger partial charge on any atom is -0.389 e. The second-order valence-corrected chi connectivity index (χ2v) is 4.15. The lowest BCUT2D eigenvalue weighted by Gasteiger charge is -2.17. The van der Waals surface area contributed by atoms with Crippen LogP contribution in [0.5, 0.6) is 0 Å². The summed E-state index contributed by atoms with van der Waals surface area (Å²) in [6.07, 6.45) is -1.20. The van der Waals surface area contributed by atoms with Crippen molar-refractivity contribution in [3.05, 3.63) is 32.6 Å². The van der Waals surface area contributed by atoms with Crippen molar-refractivity contribution < 1.29 is 15.1 Å². The van der Waals surface area contributed by atoms with Crippen LogP contribution >= 0.6 is 24.2 Å². The monoisotopic (exact) mass is 278 g/mol. The van der Waals surface area contributed by atoms with Crippen LogP contribution in [0.15, 0.2) is 6.20 Å². The number of rotatable bonds is 4. The minimum atomic E-state index is -1.28. The van der Waals surface area contributed by atoms with Gasteiger partial charge in [0.25, 0.3) is 0 Å².